The van der Waals surface area contributed by atoms with Gasteiger partial charge in [-0.3, -0.25) is 0 Å². The molecule has 4 nitrogen and oxygen atoms in total. The summed E-state index contributed by atoms with van der Waals surface area (Å²) in [4.78, 5) is 4.11. The number of aromatic nitrogens is 1. The van der Waals surface area contributed by atoms with Crippen molar-refractivity contribution in [2.75, 3.05) is 18.2 Å². The summed E-state index contributed by atoms with van der Waals surface area (Å²) in [6.45, 7) is 0. The van der Waals surface area contributed by atoms with E-state index in [1.807, 2.05) is 24.3 Å². The quantitative estimate of drug-likeness (QED) is 0.836. The number of ether oxygens (including phenoxy) is 1. The van der Waals surface area contributed by atoms with Gasteiger partial charge in [0.25, 0.3) is 0 Å². The first-order valence-electron chi connectivity index (χ1n) is 4.41. The van der Waals surface area contributed by atoms with Crippen LogP contribution in [0.15, 0.2) is 30.5 Å². The number of nitrogen functional groups attached to an aromatic ring is 1. The first-order valence-corrected chi connectivity index (χ1v) is 5.22. The highest BCUT2D eigenvalue weighted by Crippen LogP contribution is 2.29. The van der Waals surface area contributed by atoms with Crippen molar-refractivity contribution >= 4 is 27.2 Å². The van der Waals surface area contributed by atoms with Crippen molar-refractivity contribution in [3.05, 3.63) is 30.5 Å². The van der Waals surface area contributed by atoms with Crippen LogP contribution in [0.5, 0.6) is 5.75 Å². The number of rotatable bonds is 3. The summed E-state index contributed by atoms with van der Waals surface area (Å²) in [5.74, 6) is 0.784. The van der Waals surface area contributed by atoms with Gasteiger partial charge in [-0.05, 0) is 12.1 Å². The van der Waals surface area contributed by atoms with Crippen LogP contribution in [0.4, 0.5) is 15.8 Å². The van der Waals surface area contributed by atoms with Crippen molar-refractivity contribution in [3.63, 3.8) is 0 Å². The number of methoxy groups -OCH3 is 1. The number of benzene rings is 1. The SMILES string of the molecule is COc1ccccc1Nc1ncc(N)s1. The Hall–Kier alpha value is -1.75. The van der Waals surface area contributed by atoms with E-state index in [4.69, 9.17) is 10.5 Å². The molecule has 5 heteroatoms. The topological polar surface area (TPSA) is 60.2 Å². The lowest BCUT2D eigenvalue weighted by Gasteiger charge is -2.07. The summed E-state index contributed by atoms with van der Waals surface area (Å²) in [5.41, 5.74) is 6.47. The standard InChI is InChI=1S/C10H11N3OS/c1-14-8-5-3-2-4-7(8)13-10-12-6-9(11)15-10/h2-6H,11H2,1H3,(H,12,13). The van der Waals surface area contributed by atoms with Crippen molar-refractivity contribution < 1.29 is 4.74 Å². The summed E-state index contributed by atoms with van der Waals surface area (Å²) < 4.78 is 5.21. The van der Waals surface area contributed by atoms with Gasteiger partial charge in [0, 0.05) is 0 Å². The Morgan fingerprint density at radius 1 is 1.40 bits per heavy atom. The van der Waals surface area contributed by atoms with Crippen LogP contribution in [0.25, 0.3) is 0 Å². The molecule has 15 heavy (non-hydrogen) atoms. The van der Waals surface area contributed by atoms with E-state index < -0.39 is 0 Å². The number of nitrogens with zero attached hydrogens (tertiary/aromatic N) is 1. The zero-order valence-corrected chi connectivity index (χ0v) is 9.04. The molecule has 1 aromatic heterocycles. The second kappa shape index (κ2) is 4.18. The molecule has 2 aromatic rings. The lowest BCUT2D eigenvalue weighted by Crippen LogP contribution is -1.93. The highest BCUT2D eigenvalue weighted by molar-refractivity contribution is 7.19. The Kier molecular flexibility index (Phi) is 2.73. The van der Waals surface area contributed by atoms with E-state index in [2.05, 4.69) is 10.3 Å². The van der Waals surface area contributed by atoms with Gasteiger partial charge >= 0.3 is 0 Å². The minimum absolute atomic E-state index is 0.687. The number of hydrogen-bond donors (Lipinski definition) is 2. The van der Waals surface area contributed by atoms with Crippen molar-refractivity contribution in [2.24, 2.45) is 0 Å². The monoisotopic (exact) mass is 221 g/mol. The molecule has 0 aliphatic heterocycles. The highest BCUT2D eigenvalue weighted by Gasteiger charge is 2.03. The molecule has 0 amide bonds. The molecule has 0 aliphatic rings. The van der Waals surface area contributed by atoms with E-state index in [0.29, 0.717) is 5.00 Å². The fraction of sp³-hybridized carbons (Fsp3) is 0.100. The van der Waals surface area contributed by atoms with Crippen molar-refractivity contribution in [1.29, 1.82) is 0 Å². The first kappa shape index (κ1) is 9.79. The van der Waals surface area contributed by atoms with Crippen LogP contribution in [-0.2, 0) is 0 Å². The smallest absolute Gasteiger partial charge is 0.189 e. The summed E-state index contributed by atoms with van der Waals surface area (Å²) >= 11 is 1.40. The van der Waals surface area contributed by atoms with E-state index in [1.165, 1.54) is 11.3 Å². The molecular weight excluding hydrogens is 210 g/mol. The van der Waals surface area contributed by atoms with Gasteiger partial charge in [-0.1, -0.05) is 23.5 Å². The maximum Gasteiger partial charge on any atom is 0.189 e. The van der Waals surface area contributed by atoms with Gasteiger partial charge in [0.05, 0.1) is 19.0 Å². The summed E-state index contributed by atoms with van der Waals surface area (Å²) in [6, 6.07) is 7.66. The molecule has 2 rings (SSSR count). The van der Waals surface area contributed by atoms with Crippen LogP contribution in [0.3, 0.4) is 0 Å². The Labute approximate surface area is 91.7 Å². The van der Waals surface area contributed by atoms with Gasteiger partial charge in [0.1, 0.15) is 10.8 Å². The second-order valence-corrected chi connectivity index (χ2v) is 3.96. The molecule has 0 unspecified atom stereocenters. The highest BCUT2D eigenvalue weighted by atomic mass is 32.1. The molecule has 0 fully saturated rings. The van der Waals surface area contributed by atoms with E-state index in [0.717, 1.165) is 16.6 Å². The molecule has 0 aliphatic carbocycles. The minimum atomic E-state index is 0.687. The Bertz CT molecular complexity index is 455. The van der Waals surface area contributed by atoms with Crippen molar-refractivity contribution in [1.82, 2.24) is 4.98 Å². The molecule has 1 aromatic carbocycles. The first-order chi connectivity index (χ1) is 7.29. The maximum atomic E-state index is 5.59. The molecule has 0 spiro atoms. The number of nitrogens with one attached hydrogen (secondary N) is 1. The van der Waals surface area contributed by atoms with Gasteiger partial charge in [-0.25, -0.2) is 4.98 Å². The normalized spacial score (nSPS) is 9.93. The Morgan fingerprint density at radius 2 is 2.20 bits per heavy atom. The minimum Gasteiger partial charge on any atom is -0.495 e. The van der Waals surface area contributed by atoms with Crippen LogP contribution < -0.4 is 15.8 Å². The molecule has 0 saturated carbocycles. The van der Waals surface area contributed by atoms with Crippen LogP contribution in [0.1, 0.15) is 0 Å². The lowest BCUT2D eigenvalue weighted by molar-refractivity contribution is 0.417. The van der Waals surface area contributed by atoms with Crippen LogP contribution in [0, 0.1) is 0 Å². The fourth-order valence-electron chi connectivity index (χ4n) is 1.21. The summed E-state index contributed by atoms with van der Waals surface area (Å²) in [7, 11) is 1.64. The lowest BCUT2D eigenvalue weighted by atomic mass is 10.3. The summed E-state index contributed by atoms with van der Waals surface area (Å²) in [6.07, 6.45) is 1.63. The maximum absolute atomic E-state index is 5.59. The molecule has 78 valence electrons. The van der Waals surface area contributed by atoms with Gasteiger partial charge in [0.15, 0.2) is 5.13 Å². The third-order valence-corrected chi connectivity index (χ3v) is 2.61. The Morgan fingerprint density at radius 3 is 2.87 bits per heavy atom. The van der Waals surface area contributed by atoms with E-state index in [9.17, 15) is 0 Å². The molecular formula is C10H11N3OS. The van der Waals surface area contributed by atoms with Gasteiger partial charge in [-0.15, -0.1) is 0 Å². The van der Waals surface area contributed by atoms with Crippen LogP contribution >= 0.6 is 11.3 Å². The van der Waals surface area contributed by atoms with E-state index >= 15 is 0 Å². The largest absolute Gasteiger partial charge is 0.495 e. The zero-order valence-electron chi connectivity index (χ0n) is 8.23. The average Bonchev–Trinajstić information content (AvgIpc) is 2.65. The van der Waals surface area contributed by atoms with Crippen molar-refractivity contribution in [3.8, 4) is 5.75 Å². The third kappa shape index (κ3) is 2.19. The number of para-hydroxylation sites is 2. The number of hydrogen-bond acceptors (Lipinski definition) is 5. The van der Waals surface area contributed by atoms with Gasteiger partial charge in [-0.2, -0.15) is 0 Å². The van der Waals surface area contributed by atoms with E-state index in [-0.39, 0.29) is 0 Å². The fourth-order valence-corrected chi connectivity index (χ4v) is 1.80. The predicted octanol–water partition coefficient (Wildman–Crippen LogP) is 2.48. The van der Waals surface area contributed by atoms with Crippen molar-refractivity contribution in [2.45, 2.75) is 0 Å². The summed E-state index contributed by atoms with van der Waals surface area (Å²) in [5, 5.41) is 4.60. The molecule has 3 N–H and O–H groups in total. The predicted molar refractivity (Wildman–Crippen MR) is 62.8 cm³/mol. The van der Waals surface area contributed by atoms with Gasteiger partial charge < -0.3 is 15.8 Å². The molecule has 1 heterocycles. The van der Waals surface area contributed by atoms with Gasteiger partial charge in [0.2, 0.25) is 0 Å². The number of anilines is 3. The molecule has 0 atom stereocenters. The molecule has 0 saturated heterocycles. The number of nitrogens with two attached hydrogens (primary N) is 1. The van der Waals surface area contributed by atoms with Crippen LogP contribution in [0.2, 0.25) is 0 Å². The molecule has 0 bridgehead atoms. The van der Waals surface area contributed by atoms with Crippen LogP contribution in [-0.4, -0.2) is 12.1 Å². The average molecular weight is 221 g/mol. The second-order valence-electron chi connectivity index (χ2n) is 2.89. The zero-order chi connectivity index (χ0) is 10.7. The molecule has 0 radical (unpaired) electrons. The Balaban J connectivity index is 2.23. The third-order valence-electron chi connectivity index (χ3n) is 1.87. The van der Waals surface area contributed by atoms with E-state index in [1.54, 1.807) is 13.3 Å². The number of thiazole rings is 1.